The fourth-order valence-corrected chi connectivity index (χ4v) is 4.00. The number of pyridine rings is 1. The molecule has 1 fully saturated rings. The first-order valence-electron chi connectivity index (χ1n) is 7.52. The van der Waals surface area contributed by atoms with Crippen molar-refractivity contribution in [3.8, 4) is 0 Å². The highest BCUT2D eigenvalue weighted by Crippen LogP contribution is 2.30. The van der Waals surface area contributed by atoms with Crippen molar-refractivity contribution in [3.63, 3.8) is 0 Å². The predicted molar refractivity (Wildman–Crippen MR) is 90.1 cm³/mol. The molecule has 5 heteroatoms. The van der Waals surface area contributed by atoms with E-state index in [-0.39, 0.29) is 0 Å². The van der Waals surface area contributed by atoms with Crippen LogP contribution in [0.5, 0.6) is 0 Å². The third-order valence-electron chi connectivity index (χ3n) is 4.13. The zero-order valence-corrected chi connectivity index (χ0v) is 13.8. The molecule has 2 aromatic rings. The van der Waals surface area contributed by atoms with Gasteiger partial charge in [-0.3, -0.25) is 0 Å². The van der Waals surface area contributed by atoms with Crippen LogP contribution in [0, 0.1) is 19.8 Å². The Hall–Kier alpha value is -1.36. The van der Waals surface area contributed by atoms with Crippen LogP contribution in [0.1, 0.15) is 24.1 Å². The van der Waals surface area contributed by atoms with Crippen LogP contribution in [0.3, 0.4) is 0 Å². The van der Waals surface area contributed by atoms with Gasteiger partial charge in [0, 0.05) is 18.8 Å². The Bertz CT molecular complexity index is 641. The Kier molecular flexibility index (Phi) is 4.29. The van der Waals surface area contributed by atoms with Gasteiger partial charge in [-0.15, -0.1) is 0 Å². The van der Waals surface area contributed by atoms with E-state index >= 15 is 0 Å². The number of aromatic nitrogens is 3. The van der Waals surface area contributed by atoms with Crippen LogP contribution in [0.2, 0.25) is 0 Å². The van der Waals surface area contributed by atoms with Crippen molar-refractivity contribution in [2.24, 2.45) is 5.92 Å². The number of hydrogen-bond donors (Lipinski definition) is 0. The summed E-state index contributed by atoms with van der Waals surface area (Å²) in [6.45, 7) is 6.33. The van der Waals surface area contributed by atoms with Gasteiger partial charge in [0.15, 0.2) is 5.65 Å². The largest absolute Gasteiger partial charge is 0.356 e. The molecule has 1 aliphatic rings. The maximum atomic E-state index is 4.58. The molecule has 1 unspecified atom stereocenters. The van der Waals surface area contributed by atoms with Crippen LogP contribution in [0.4, 0.5) is 5.82 Å². The number of piperidine rings is 1. The third-order valence-corrected chi connectivity index (χ3v) is 4.93. The third kappa shape index (κ3) is 2.98. The normalized spacial score (nSPS) is 19.2. The molecule has 1 saturated heterocycles. The summed E-state index contributed by atoms with van der Waals surface area (Å²) in [7, 11) is 0. The lowest BCUT2D eigenvalue weighted by Gasteiger charge is -2.34. The Balaban J connectivity index is 2.00. The topological polar surface area (TPSA) is 41.9 Å². The fraction of sp³-hybridized carbons (Fsp3) is 0.562. The van der Waals surface area contributed by atoms with Crippen LogP contribution in [0.25, 0.3) is 11.0 Å². The Morgan fingerprint density at radius 3 is 3.00 bits per heavy atom. The van der Waals surface area contributed by atoms with Gasteiger partial charge in [0.1, 0.15) is 12.1 Å². The van der Waals surface area contributed by atoms with Crippen LogP contribution >= 0.6 is 11.8 Å². The molecule has 3 rings (SSSR count). The van der Waals surface area contributed by atoms with E-state index in [0.717, 1.165) is 41.6 Å². The zero-order chi connectivity index (χ0) is 14.8. The molecule has 0 saturated carbocycles. The van der Waals surface area contributed by atoms with Crippen LogP contribution in [-0.2, 0) is 0 Å². The first-order valence-corrected chi connectivity index (χ1v) is 8.91. The second kappa shape index (κ2) is 6.18. The van der Waals surface area contributed by atoms with E-state index in [9.17, 15) is 0 Å². The minimum absolute atomic E-state index is 0.762. The standard InChI is InChI=1S/C16H22N4S/c1-11-7-12(2)19-15-14(11)16(18-10-17-15)20-6-4-5-13(8-20)9-21-3/h7,10,13H,4-6,8-9H2,1-3H3. The van der Waals surface area contributed by atoms with E-state index < -0.39 is 0 Å². The van der Waals surface area contributed by atoms with Gasteiger partial charge in [0.05, 0.1) is 5.39 Å². The molecular weight excluding hydrogens is 280 g/mol. The van der Waals surface area contributed by atoms with Gasteiger partial charge in [-0.25, -0.2) is 15.0 Å². The molecule has 2 aromatic heterocycles. The molecule has 0 spiro atoms. The second-order valence-corrected chi connectivity index (χ2v) is 6.80. The molecule has 0 amide bonds. The molecule has 1 atom stereocenters. The Morgan fingerprint density at radius 1 is 1.33 bits per heavy atom. The number of nitrogens with zero attached hydrogens (tertiary/aromatic N) is 4. The Morgan fingerprint density at radius 2 is 2.19 bits per heavy atom. The molecule has 112 valence electrons. The summed E-state index contributed by atoms with van der Waals surface area (Å²) in [5, 5.41) is 1.12. The van der Waals surface area contributed by atoms with Gasteiger partial charge >= 0.3 is 0 Å². The summed E-state index contributed by atoms with van der Waals surface area (Å²) in [5.74, 6) is 3.06. The molecule has 1 aliphatic heterocycles. The number of fused-ring (bicyclic) bond motifs is 1. The summed E-state index contributed by atoms with van der Waals surface area (Å²) in [5.41, 5.74) is 3.06. The number of hydrogen-bond acceptors (Lipinski definition) is 5. The zero-order valence-electron chi connectivity index (χ0n) is 13.0. The SMILES string of the molecule is CSCC1CCCN(c2ncnc3nc(C)cc(C)c23)C1. The van der Waals surface area contributed by atoms with Crippen molar-refractivity contribution in [2.45, 2.75) is 26.7 Å². The maximum Gasteiger partial charge on any atom is 0.165 e. The van der Waals surface area contributed by atoms with Gasteiger partial charge in [0.2, 0.25) is 0 Å². The molecular formula is C16H22N4S. The quantitative estimate of drug-likeness (QED) is 0.871. The van der Waals surface area contributed by atoms with Crippen molar-refractivity contribution < 1.29 is 0 Å². The molecule has 4 nitrogen and oxygen atoms in total. The smallest absolute Gasteiger partial charge is 0.165 e. The molecule has 0 N–H and O–H groups in total. The van der Waals surface area contributed by atoms with Gasteiger partial charge < -0.3 is 4.90 Å². The number of rotatable bonds is 3. The molecule has 0 aromatic carbocycles. The second-order valence-electron chi connectivity index (χ2n) is 5.89. The molecule has 0 radical (unpaired) electrons. The van der Waals surface area contributed by atoms with Gasteiger partial charge in [0.25, 0.3) is 0 Å². The first kappa shape index (κ1) is 14.6. The first-order chi connectivity index (χ1) is 10.2. The lowest BCUT2D eigenvalue weighted by molar-refractivity contribution is 0.451. The Labute approximate surface area is 130 Å². The van der Waals surface area contributed by atoms with E-state index in [4.69, 9.17) is 0 Å². The number of anilines is 1. The molecule has 0 aliphatic carbocycles. The summed E-state index contributed by atoms with van der Waals surface area (Å²) in [4.78, 5) is 15.9. The maximum absolute atomic E-state index is 4.58. The van der Waals surface area contributed by atoms with Crippen molar-refractivity contribution in [1.29, 1.82) is 0 Å². The summed E-state index contributed by atoms with van der Waals surface area (Å²) in [6.07, 6.45) is 6.42. The van der Waals surface area contributed by atoms with E-state index in [1.165, 1.54) is 24.2 Å². The van der Waals surface area contributed by atoms with E-state index in [0.29, 0.717) is 0 Å². The van der Waals surface area contributed by atoms with Gasteiger partial charge in [-0.2, -0.15) is 11.8 Å². The lowest BCUT2D eigenvalue weighted by Crippen LogP contribution is -2.37. The summed E-state index contributed by atoms with van der Waals surface area (Å²) in [6, 6.07) is 2.12. The highest BCUT2D eigenvalue weighted by molar-refractivity contribution is 7.98. The van der Waals surface area contributed by atoms with Crippen LogP contribution in [0.15, 0.2) is 12.4 Å². The highest BCUT2D eigenvalue weighted by atomic mass is 32.2. The number of thioether (sulfide) groups is 1. The van der Waals surface area contributed by atoms with Crippen molar-refractivity contribution >= 4 is 28.6 Å². The van der Waals surface area contributed by atoms with Gasteiger partial charge in [-0.1, -0.05) is 0 Å². The van der Waals surface area contributed by atoms with E-state index in [1.807, 2.05) is 18.7 Å². The number of aryl methyl sites for hydroxylation is 2. The molecule has 0 bridgehead atoms. The average Bonchev–Trinajstić information content (AvgIpc) is 2.47. The van der Waals surface area contributed by atoms with E-state index in [1.54, 1.807) is 6.33 Å². The minimum Gasteiger partial charge on any atom is -0.356 e. The lowest BCUT2D eigenvalue weighted by atomic mass is 9.99. The van der Waals surface area contributed by atoms with E-state index in [2.05, 4.69) is 39.1 Å². The highest BCUT2D eigenvalue weighted by Gasteiger charge is 2.23. The molecule has 3 heterocycles. The minimum atomic E-state index is 0.762. The summed E-state index contributed by atoms with van der Waals surface area (Å²) >= 11 is 1.94. The summed E-state index contributed by atoms with van der Waals surface area (Å²) < 4.78 is 0. The monoisotopic (exact) mass is 302 g/mol. The van der Waals surface area contributed by atoms with Crippen molar-refractivity contribution in [1.82, 2.24) is 15.0 Å². The van der Waals surface area contributed by atoms with Crippen LogP contribution < -0.4 is 4.90 Å². The van der Waals surface area contributed by atoms with Crippen LogP contribution in [-0.4, -0.2) is 40.1 Å². The predicted octanol–water partition coefficient (Wildman–Crippen LogP) is 3.22. The van der Waals surface area contributed by atoms with Gasteiger partial charge in [-0.05, 0) is 56.2 Å². The van der Waals surface area contributed by atoms with Crippen molar-refractivity contribution in [2.75, 3.05) is 30.0 Å². The van der Waals surface area contributed by atoms with Crippen molar-refractivity contribution in [3.05, 3.63) is 23.7 Å². The average molecular weight is 302 g/mol. The molecule has 21 heavy (non-hydrogen) atoms. The fourth-order valence-electron chi connectivity index (χ4n) is 3.26.